The summed E-state index contributed by atoms with van der Waals surface area (Å²) in [6.07, 6.45) is 8.25. The van der Waals surface area contributed by atoms with Crippen molar-refractivity contribution < 1.29 is 19.1 Å². The summed E-state index contributed by atoms with van der Waals surface area (Å²) < 4.78 is 10.5. The van der Waals surface area contributed by atoms with Crippen molar-refractivity contribution in [2.45, 2.75) is 79.1 Å². The average molecular weight is 326 g/mol. The van der Waals surface area contributed by atoms with E-state index in [0.717, 1.165) is 31.6 Å². The number of carbonyl (C=O) groups is 2. The molecule has 1 rings (SSSR count). The molecule has 0 unspecified atom stereocenters. The van der Waals surface area contributed by atoms with Crippen LogP contribution in [0.1, 0.15) is 79.1 Å². The second-order valence-corrected chi connectivity index (χ2v) is 6.63. The molecule has 1 saturated carbocycles. The third kappa shape index (κ3) is 4.71. The summed E-state index contributed by atoms with van der Waals surface area (Å²) in [5.41, 5.74) is -1.11. The van der Waals surface area contributed by atoms with Gasteiger partial charge in [0, 0.05) is 0 Å². The quantitative estimate of drug-likeness (QED) is 0.462. The van der Waals surface area contributed by atoms with Crippen molar-refractivity contribution in [1.29, 1.82) is 0 Å². The van der Waals surface area contributed by atoms with Gasteiger partial charge in [0.2, 0.25) is 0 Å². The van der Waals surface area contributed by atoms with Gasteiger partial charge in [-0.15, -0.1) is 0 Å². The molecule has 134 valence electrons. The van der Waals surface area contributed by atoms with E-state index in [1.165, 1.54) is 19.3 Å². The highest BCUT2D eigenvalue weighted by atomic mass is 16.6. The number of esters is 2. The summed E-state index contributed by atoms with van der Waals surface area (Å²) >= 11 is 0. The second kappa shape index (κ2) is 9.94. The summed E-state index contributed by atoms with van der Waals surface area (Å²) in [5.74, 6) is 0.00420. The lowest BCUT2D eigenvalue weighted by molar-refractivity contribution is -0.178. The van der Waals surface area contributed by atoms with Gasteiger partial charge in [0.15, 0.2) is 5.41 Å². The zero-order chi connectivity index (χ0) is 17.3. The van der Waals surface area contributed by atoms with Crippen LogP contribution in [-0.4, -0.2) is 25.2 Å². The Hall–Kier alpha value is -1.06. The molecule has 0 N–H and O–H groups in total. The molecule has 0 aromatic rings. The van der Waals surface area contributed by atoms with Crippen LogP contribution in [0, 0.1) is 17.3 Å². The Bertz CT molecular complexity index is 352. The standard InChI is InChI=1S/C19H34O4/c1-5-9-10-15-11-13-16(14-12-15)19(6-2,17(20)22-7-3)18(21)23-8-4/h15-16H,5-14H2,1-4H3/t15-,16-. The van der Waals surface area contributed by atoms with Gasteiger partial charge in [-0.25, -0.2) is 0 Å². The number of ether oxygens (including phenoxy) is 2. The average Bonchev–Trinajstić information content (AvgIpc) is 2.56. The normalized spacial score (nSPS) is 21.7. The van der Waals surface area contributed by atoms with E-state index in [1.54, 1.807) is 13.8 Å². The molecule has 1 aliphatic carbocycles. The third-order valence-corrected chi connectivity index (χ3v) is 5.35. The van der Waals surface area contributed by atoms with Crippen LogP contribution in [0.15, 0.2) is 0 Å². The van der Waals surface area contributed by atoms with Crippen LogP contribution in [0.4, 0.5) is 0 Å². The number of hydrogen-bond donors (Lipinski definition) is 0. The number of unbranched alkanes of at least 4 members (excludes halogenated alkanes) is 1. The summed E-state index contributed by atoms with van der Waals surface area (Å²) in [7, 11) is 0. The first kappa shape index (κ1) is 20.0. The van der Waals surface area contributed by atoms with Crippen LogP contribution in [0.5, 0.6) is 0 Å². The summed E-state index contributed by atoms with van der Waals surface area (Å²) in [6, 6.07) is 0. The molecular weight excluding hydrogens is 292 g/mol. The highest BCUT2D eigenvalue weighted by molar-refractivity contribution is 6.00. The van der Waals surface area contributed by atoms with Crippen LogP contribution in [0.25, 0.3) is 0 Å². The Balaban J connectivity index is 2.88. The van der Waals surface area contributed by atoms with Gasteiger partial charge >= 0.3 is 11.9 Å². The van der Waals surface area contributed by atoms with Crippen LogP contribution < -0.4 is 0 Å². The van der Waals surface area contributed by atoms with Crippen molar-refractivity contribution in [3.63, 3.8) is 0 Å². The van der Waals surface area contributed by atoms with E-state index in [1.807, 2.05) is 6.92 Å². The maximum atomic E-state index is 12.6. The van der Waals surface area contributed by atoms with Gasteiger partial charge in [-0.05, 0) is 44.9 Å². The van der Waals surface area contributed by atoms with Crippen molar-refractivity contribution in [3.05, 3.63) is 0 Å². The monoisotopic (exact) mass is 326 g/mol. The topological polar surface area (TPSA) is 52.6 Å². The molecule has 0 aromatic heterocycles. The molecule has 1 aliphatic rings. The molecule has 4 nitrogen and oxygen atoms in total. The number of hydrogen-bond acceptors (Lipinski definition) is 4. The van der Waals surface area contributed by atoms with Crippen molar-refractivity contribution in [2.24, 2.45) is 17.3 Å². The molecule has 0 aromatic carbocycles. The van der Waals surface area contributed by atoms with E-state index in [0.29, 0.717) is 19.6 Å². The molecule has 0 saturated heterocycles. The fourth-order valence-corrected chi connectivity index (χ4v) is 3.95. The molecule has 23 heavy (non-hydrogen) atoms. The minimum absolute atomic E-state index is 0.0449. The van der Waals surface area contributed by atoms with E-state index < -0.39 is 17.4 Å². The van der Waals surface area contributed by atoms with Gasteiger partial charge in [0.05, 0.1) is 13.2 Å². The fraction of sp³-hybridized carbons (Fsp3) is 0.895. The van der Waals surface area contributed by atoms with Crippen molar-refractivity contribution in [3.8, 4) is 0 Å². The van der Waals surface area contributed by atoms with Gasteiger partial charge in [0.1, 0.15) is 0 Å². The summed E-state index contributed by atoms with van der Waals surface area (Å²) in [5, 5.41) is 0. The van der Waals surface area contributed by atoms with Gasteiger partial charge in [-0.2, -0.15) is 0 Å². The van der Waals surface area contributed by atoms with Gasteiger partial charge in [-0.3, -0.25) is 9.59 Å². The zero-order valence-electron chi connectivity index (χ0n) is 15.4. The molecule has 0 bridgehead atoms. The lowest BCUT2D eigenvalue weighted by atomic mass is 9.65. The highest BCUT2D eigenvalue weighted by Crippen LogP contribution is 2.45. The Labute approximate surface area is 141 Å². The molecule has 0 aliphatic heterocycles. The van der Waals surface area contributed by atoms with E-state index in [4.69, 9.17) is 9.47 Å². The summed E-state index contributed by atoms with van der Waals surface area (Å²) in [4.78, 5) is 25.3. The Morgan fingerprint density at radius 3 is 1.83 bits per heavy atom. The van der Waals surface area contributed by atoms with Crippen molar-refractivity contribution in [1.82, 2.24) is 0 Å². The molecule has 0 heterocycles. The van der Waals surface area contributed by atoms with E-state index >= 15 is 0 Å². The van der Waals surface area contributed by atoms with E-state index in [9.17, 15) is 9.59 Å². The molecule has 0 amide bonds. The molecule has 1 fully saturated rings. The minimum atomic E-state index is -1.11. The van der Waals surface area contributed by atoms with Gasteiger partial charge < -0.3 is 9.47 Å². The van der Waals surface area contributed by atoms with Crippen LogP contribution in [0.3, 0.4) is 0 Å². The van der Waals surface area contributed by atoms with Crippen molar-refractivity contribution in [2.75, 3.05) is 13.2 Å². The molecule has 0 atom stereocenters. The summed E-state index contributed by atoms with van der Waals surface area (Å²) in [6.45, 7) is 8.28. The smallest absolute Gasteiger partial charge is 0.323 e. The van der Waals surface area contributed by atoms with Crippen LogP contribution >= 0.6 is 0 Å². The first-order chi connectivity index (χ1) is 11.1. The number of rotatable bonds is 9. The number of carbonyl (C=O) groups excluding carboxylic acids is 2. The predicted molar refractivity (Wildman–Crippen MR) is 91.0 cm³/mol. The molecular formula is C19H34O4. The molecule has 0 radical (unpaired) electrons. The zero-order valence-corrected chi connectivity index (χ0v) is 15.4. The third-order valence-electron chi connectivity index (χ3n) is 5.35. The fourth-order valence-electron chi connectivity index (χ4n) is 3.95. The van der Waals surface area contributed by atoms with Crippen LogP contribution in [-0.2, 0) is 19.1 Å². The van der Waals surface area contributed by atoms with E-state index in [2.05, 4.69) is 6.92 Å². The lowest BCUT2D eigenvalue weighted by Gasteiger charge is -2.39. The maximum Gasteiger partial charge on any atom is 0.323 e. The highest BCUT2D eigenvalue weighted by Gasteiger charge is 2.53. The minimum Gasteiger partial charge on any atom is -0.465 e. The Morgan fingerprint density at radius 1 is 0.913 bits per heavy atom. The largest absolute Gasteiger partial charge is 0.465 e. The van der Waals surface area contributed by atoms with Crippen LogP contribution in [0.2, 0.25) is 0 Å². The van der Waals surface area contributed by atoms with Crippen molar-refractivity contribution >= 4 is 11.9 Å². The molecule has 0 spiro atoms. The Kier molecular flexibility index (Phi) is 8.64. The predicted octanol–water partition coefficient (Wildman–Crippen LogP) is 4.51. The first-order valence-corrected chi connectivity index (χ1v) is 9.41. The first-order valence-electron chi connectivity index (χ1n) is 9.41. The second-order valence-electron chi connectivity index (χ2n) is 6.63. The SMILES string of the molecule is CCCC[C@H]1CC[C@H](C(CC)(C(=O)OCC)C(=O)OCC)CC1. The molecule has 4 heteroatoms. The van der Waals surface area contributed by atoms with Gasteiger partial charge in [-0.1, -0.05) is 46.0 Å². The lowest BCUT2D eigenvalue weighted by Crippen LogP contribution is -2.48. The van der Waals surface area contributed by atoms with Gasteiger partial charge in [0.25, 0.3) is 0 Å². The maximum absolute atomic E-state index is 12.6. The Morgan fingerprint density at radius 2 is 1.43 bits per heavy atom. The van der Waals surface area contributed by atoms with E-state index in [-0.39, 0.29) is 5.92 Å².